The lowest BCUT2D eigenvalue weighted by molar-refractivity contribution is -0.150. The molecule has 0 bridgehead atoms. The minimum absolute atomic E-state index is 0.0404. The van der Waals surface area contributed by atoms with Crippen molar-refractivity contribution in [1.82, 2.24) is 0 Å². The van der Waals surface area contributed by atoms with E-state index in [1.807, 2.05) is 6.08 Å². The highest BCUT2D eigenvalue weighted by Gasteiger charge is 2.65. The maximum Gasteiger partial charge on any atom is 0.302 e. The fourth-order valence-corrected chi connectivity index (χ4v) is 7.21. The molecule has 0 aromatic heterocycles. The van der Waals surface area contributed by atoms with Crippen molar-refractivity contribution >= 4 is 5.97 Å². The Morgan fingerprint density at radius 3 is 2.59 bits per heavy atom. The number of aliphatic hydroxyl groups excluding tert-OH is 1. The molecule has 27 heavy (non-hydrogen) atoms. The van der Waals surface area contributed by atoms with Crippen LogP contribution in [0.3, 0.4) is 0 Å². The van der Waals surface area contributed by atoms with Gasteiger partial charge in [-0.3, -0.25) is 4.79 Å². The van der Waals surface area contributed by atoms with Gasteiger partial charge in [-0.25, -0.2) is 0 Å². The lowest BCUT2D eigenvalue weighted by Crippen LogP contribution is -2.57. The van der Waals surface area contributed by atoms with Gasteiger partial charge in [0.2, 0.25) is 0 Å². The van der Waals surface area contributed by atoms with Crippen molar-refractivity contribution in [2.24, 2.45) is 28.6 Å². The highest BCUT2D eigenvalue weighted by Crippen LogP contribution is 2.67. The molecule has 0 aliphatic heterocycles. The smallest absolute Gasteiger partial charge is 0.302 e. The summed E-state index contributed by atoms with van der Waals surface area (Å²) in [6.45, 7) is 5.92. The summed E-state index contributed by atoms with van der Waals surface area (Å²) in [5.41, 5.74) is -0.0814. The summed E-state index contributed by atoms with van der Waals surface area (Å²) < 4.78 is 5.47. The van der Waals surface area contributed by atoms with E-state index in [-0.39, 0.29) is 34.7 Å². The van der Waals surface area contributed by atoms with Gasteiger partial charge in [0.25, 0.3) is 0 Å². The Kier molecular flexibility index (Phi) is 4.29. The summed E-state index contributed by atoms with van der Waals surface area (Å²) in [5, 5.41) is 22.2. The van der Waals surface area contributed by atoms with Gasteiger partial charge in [-0.2, -0.15) is 0 Å². The molecule has 2 N–H and O–H groups in total. The van der Waals surface area contributed by atoms with Crippen molar-refractivity contribution in [3.8, 4) is 12.3 Å². The van der Waals surface area contributed by atoms with Crippen LogP contribution in [0.15, 0.2) is 11.6 Å². The lowest BCUT2D eigenvalue weighted by atomic mass is 9.46. The first-order valence-electron chi connectivity index (χ1n) is 10.4. The van der Waals surface area contributed by atoms with Crippen molar-refractivity contribution in [2.75, 3.05) is 0 Å². The van der Waals surface area contributed by atoms with Crippen LogP contribution in [0.25, 0.3) is 0 Å². The summed E-state index contributed by atoms with van der Waals surface area (Å²) in [6, 6.07) is 0. The van der Waals surface area contributed by atoms with Crippen LogP contribution >= 0.6 is 0 Å². The predicted molar refractivity (Wildman–Crippen MR) is 102 cm³/mol. The number of hydrogen-bond acceptors (Lipinski definition) is 4. The van der Waals surface area contributed by atoms with Crippen LogP contribution in [0.2, 0.25) is 0 Å². The molecule has 4 aliphatic carbocycles. The summed E-state index contributed by atoms with van der Waals surface area (Å²) >= 11 is 0. The van der Waals surface area contributed by atoms with E-state index >= 15 is 0 Å². The second kappa shape index (κ2) is 6.09. The van der Waals surface area contributed by atoms with Crippen LogP contribution in [0.4, 0.5) is 0 Å². The normalized spacial score (nSPS) is 51.3. The van der Waals surface area contributed by atoms with E-state index in [4.69, 9.17) is 11.2 Å². The van der Waals surface area contributed by atoms with E-state index in [1.165, 1.54) is 12.5 Å². The molecule has 3 fully saturated rings. The molecular formula is C23H32O4. The molecule has 0 spiro atoms. The molecule has 0 saturated heterocycles. The average molecular weight is 373 g/mol. The monoisotopic (exact) mass is 372 g/mol. The Morgan fingerprint density at radius 2 is 1.93 bits per heavy atom. The van der Waals surface area contributed by atoms with Crippen LogP contribution in [0.5, 0.6) is 0 Å². The molecule has 4 heteroatoms. The Balaban J connectivity index is 1.66. The number of hydrogen-bond donors (Lipinski definition) is 2. The molecule has 4 nitrogen and oxygen atoms in total. The van der Waals surface area contributed by atoms with E-state index < -0.39 is 11.7 Å². The molecule has 0 aromatic carbocycles. The molecule has 4 rings (SSSR count). The number of carbonyl (C=O) groups excluding carboxylic acids is 1. The maximum atomic E-state index is 11.4. The highest BCUT2D eigenvalue weighted by molar-refractivity contribution is 5.66. The fourth-order valence-electron chi connectivity index (χ4n) is 7.21. The molecule has 8 atom stereocenters. The zero-order chi connectivity index (χ0) is 19.6. The van der Waals surface area contributed by atoms with E-state index in [9.17, 15) is 15.0 Å². The standard InChI is InChI=1S/C23H32O4/c1-5-23(26)11-8-18-20-17(7-10-22(18,23)4)21(3)9-6-16(27-14(2)24)12-15(21)13-19(20)25/h1,13,16-20,25-26H,6-12H2,2-4H3/t16?,17-,18+,19?,20-,21+,22+,23?/m1/s1. The van der Waals surface area contributed by atoms with Gasteiger partial charge in [0.15, 0.2) is 0 Å². The molecule has 0 aromatic rings. The van der Waals surface area contributed by atoms with Gasteiger partial charge in [-0.15, -0.1) is 6.42 Å². The fraction of sp³-hybridized carbons (Fsp3) is 0.783. The second-order valence-electron chi connectivity index (χ2n) is 9.86. The second-order valence-corrected chi connectivity index (χ2v) is 9.86. The third kappa shape index (κ3) is 2.54. The maximum absolute atomic E-state index is 11.4. The summed E-state index contributed by atoms with van der Waals surface area (Å²) in [5.74, 6) is 3.24. The van der Waals surface area contributed by atoms with E-state index in [2.05, 4.69) is 19.8 Å². The summed E-state index contributed by atoms with van der Waals surface area (Å²) in [4.78, 5) is 11.4. The number of aliphatic hydroxyl groups is 2. The van der Waals surface area contributed by atoms with Gasteiger partial charge < -0.3 is 14.9 Å². The van der Waals surface area contributed by atoms with Crippen LogP contribution in [-0.2, 0) is 9.53 Å². The van der Waals surface area contributed by atoms with E-state index in [0.29, 0.717) is 12.3 Å². The first-order chi connectivity index (χ1) is 12.6. The molecule has 0 amide bonds. The van der Waals surface area contributed by atoms with E-state index in [0.717, 1.165) is 38.5 Å². The average Bonchev–Trinajstić information content (AvgIpc) is 2.88. The Hall–Kier alpha value is -1.31. The molecule has 0 heterocycles. The third-order valence-corrected chi connectivity index (χ3v) is 8.81. The minimum Gasteiger partial charge on any atom is -0.462 e. The number of terminal acetylenes is 1. The van der Waals surface area contributed by atoms with Gasteiger partial charge >= 0.3 is 5.97 Å². The topological polar surface area (TPSA) is 66.8 Å². The molecule has 0 radical (unpaired) electrons. The van der Waals surface area contributed by atoms with Crippen molar-refractivity contribution in [3.63, 3.8) is 0 Å². The van der Waals surface area contributed by atoms with Gasteiger partial charge in [-0.05, 0) is 61.7 Å². The van der Waals surface area contributed by atoms with Crippen LogP contribution < -0.4 is 0 Å². The van der Waals surface area contributed by atoms with Crippen LogP contribution in [0.1, 0.15) is 65.7 Å². The van der Waals surface area contributed by atoms with Crippen molar-refractivity contribution < 1.29 is 19.7 Å². The summed E-state index contributed by atoms with van der Waals surface area (Å²) in [7, 11) is 0. The Labute approximate surface area is 162 Å². The van der Waals surface area contributed by atoms with Crippen LogP contribution in [-0.4, -0.2) is 34.0 Å². The molecule has 148 valence electrons. The zero-order valence-electron chi connectivity index (χ0n) is 16.7. The van der Waals surface area contributed by atoms with Gasteiger partial charge in [0.1, 0.15) is 11.7 Å². The molecule has 3 unspecified atom stereocenters. The van der Waals surface area contributed by atoms with Crippen LogP contribution in [0, 0.1) is 40.9 Å². The minimum atomic E-state index is -1.06. The van der Waals surface area contributed by atoms with Gasteiger partial charge in [0, 0.05) is 18.8 Å². The van der Waals surface area contributed by atoms with E-state index in [1.54, 1.807) is 0 Å². The number of rotatable bonds is 1. The first-order valence-corrected chi connectivity index (χ1v) is 10.4. The SMILES string of the molecule is C#CC1(O)CC[C@H]2[C@@H]3C(O)C=C4CC(OC(C)=O)CC[C@]4(C)[C@@H]3CC[C@@]21C. The largest absolute Gasteiger partial charge is 0.462 e. The molecule has 3 saturated carbocycles. The predicted octanol–water partition coefficient (Wildman–Crippen LogP) is 3.22. The number of fused-ring (bicyclic) bond motifs is 5. The number of esters is 1. The molecule has 4 aliphatic rings. The van der Waals surface area contributed by atoms with Gasteiger partial charge in [-0.1, -0.05) is 31.4 Å². The van der Waals surface area contributed by atoms with Crippen molar-refractivity contribution in [3.05, 3.63) is 11.6 Å². The Morgan fingerprint density at radius 1 is 1.22 bits per heavy atom. The summed E-state index contributed by atoms with van der Waals surface area (Å²) in [6.07, 6.45) is 13.2. The van der Waals surface area contributed by atoms with Crippen molar-refractivity contribution in [1.29, 1.82) is 0 Å². The number of ether oxygens (including phenoxy) is 1. The first kappa shape index (κ1) is 19.0. The molecular weight excluding hydrogens is 340 g/mol. The Bertz CT molecular complexity index is 720. The quantitative estimate of drug-likeness (QED) is 0.421. The van der Waals surface area contributed by atoms with Gasteiger partial charge in [0.05, 0.1) is 6.10 Å². The number of carbonyl (C=O) groups is 1. The van der Waals surface area contributed by atoms with Crippen molar-refractivity contribution in [2.45, 2.75) is 83.5 Å². The highest BCUT2D eigenvalue weighted by atomic mass is 16.5. The zero-order valence-corrected chi connectivity index (χ0v) is 16.7. The lowest BCUT2D eigenvalue weighted by Gasteiger charge is -2.59. The third-order valence-electron chi connectivity index (χ3n) is 8.81.